The molecule has 1 heterocycles. The molecule has 2 rings (SSSR count). The number of aromatic nitrogens is 1. The van der Waals surface area contributed by atoms with Crippen LogP contribution in [-0.4, -0.2) is 31.7 Å². The third-order valence-corrected chi connectivity index (χ3v) is 4.00. The lowest BCUT2D eigenvalue weighted by atomic mass is 10.3. The van der Waals surface area contributed by atoms with Gasteiger partial charge < -0.3 is 0 Å². The molecule has 0 radical (unpaired) electrons. The van der Waals surface area contributed by atoms with Crippen LogP contribution in [0.3, 0.4) is 0 Å². The summed E-state index contributed by atoms with van der Waals surface area (Å²) in [7, 11) is -3.97. The van der Waals surface area contributed by atoms with E-state index in [0.717, 1.165) is 6.26 Å². The number of carbonyl (C=O) groups is 2. The van der Waals surface area contributed by atoms with Gasteiger partial charge in [0.1, 0.15) is 5.82 Å². The Morgan fingerprint density at radius 1 is 1.12 bits per heavy atom. The summed E-state index contributed by atoms with van der Waals surface area (Å²) < 4.78 is 24.2. The fourth-order valence-electron chi connectivity index (χ4n) is 1.77. The smallest absolute Gasteiger partial charge is 0.292 e. The number of sulfonamides is 1. The van der Waals surface area contributed by atoms with Crippen LogP contribution in [0.15, 0.2) is 48.7 Å². The van der Waals surface area contributed by atoms with Crippen molar-refractivity contribution in [1.29, 1.82) is 0 Å². The van der Waals surface area contributed by atoms with Gasteiger partial charge in [-0.2, -0.15) is 4.31 Å². The van der Waals surface area contributed by atoms with Crippen LogP contribution < -0.4 is 14.9 Å². The van der Waals surface area contributed by atoms with Crippen LogP contribution in [0, 0.1) is 0 Å². The van der Waals surface area contributed by atoms with Crippen LogP contribution in [0.5, 0.6) is 0 Å². The largest absolute Gasteiger partial charge is 0.343 e. The molecule has 4 amide bonds. The van der Waals surface area contributed by atoms with E-state index in [0.29, 0.717) is 9.33 Å². The topological polar surface area (TPSA) is 108 Å². The molecule has 0 saturated carbocycles. The Hall–Kier alpha value is -2.65. The number of halogens is 1. The molecule has 126 valence electrons. The van der Waals surface area contributed by atoms with E-state index >= 15 is 0 Å². The third kappa shape index (κ3) is 4.67. The van der Waals surface area contributed by atoms with Gasteiger partial charge in [0.2, 0.25) is 10.0 Å². The van der Waals surface area contributed by atoms with Crippen LogP contribution in [0.1, 0.15) is 0 Å². The predicted octanol–water partition coefficient (Wildman–Crippen LogP) is 2.44. The monoisotopic (exact) mass is 368 g/mol. The van der Waals surface area contributed by atoms with E-state index in [1.54, 1.807) is 12.1 Å². The molecule has 0 unspecified atom stereocenters. The zero-order valence-electron chi connectivity index (χ0n) is 12.4. The van der Waals surface area contributed by atoms with Gasteiger partial charge in [-0.1, -0.05) is 17.7 Å². The Morgan fingerprint density at radius 2 is 1.79 bits per heavy atom. The highest BCUT2D eigenvalue weighted by molar-refractivity contribution is 7.92. The molecule has 0 fully saturated rings. The first-order valence-electron chi connectivity index (χ1n) is 6.56. The fourth-order valence-corrected chi connectivity index (χ4v) is 2.75. The Labute approximate surface area is 143 Å². The zero-order chi connectivity index (χ0) is 17.7. The average molecular weight is 369 g/mol. The Balaban J connectivity index is 2.17. The van der Waals surface area contributed by atoms with E-state index in [1.165, 1.54) is 36.5 Å². The number of rotatable bonds is 3. The second kappa shape index (κ2) is 7.28. The molecule has 0 aliphatic carbocycles. The van der Waals surface area contributed by atoms with Crippen molar-refractivity contribution in [3.05, 3.63) is 53.7 Å². The first-order valence-corrected chi connectivity index (χ1v) is 8.79. The minimum atomic E-state index is -3.97. The van der Waals surface area contributed by atoms with Crippen LogP contribution in [0.2, 0.25) is 5.02 Å². The molecule has 8 nitrogen and oxygen atoms in total. The molecule has 0 aliphatic rings. The minimum absolute atomic E-state index is 0.0463. The number of hydrogen-bond donors (Lipinski definition) is 2. The molecule has 0 aliphatic heterocycles. The van der Waals surface area contributed by atoms with Crippen molar-refractivity contribution in [3.8, 4) is 0 Å². The summed E-state index contributed by atoms with van der Waals surface area (Å²) in [5.41, 5.74) is 0.0463. The molecule has 0 atom stereocenters. The van der Waals surface area contributed by atoms with Gasteiger partial charge in [-0.25, -0.2) is 23.0 Å². The first-order chi connectivity index (χ1) is 11.3. The lowest BCUT2D eigenvalue weighted by Crippen LogP contribution is -2.47. The average Bonchev–Trinajstić information content (AvgIpc) is 2.49. The van der Waals surface area contributed by atoms with E-state index in [2.05, 4.69) is 10.3 Å². The lowest BCUT2D eigenvalue weighted by molar-refractivity contribution is 0.238. The fraction of sp³-hybridized carbons (Fsp3) is 0.0714. The van der Waals surface area contributed by atoms with Crippen LogP contribution in [-0.2, 0) is 10.0 Å². The second-order valence-electron chi connectivity index (χ2n) is 4.60. The summed E-state index contributed by atoms with van der Waals surface area (Å²) in [6, 6.07) is 8.31. The van der Waals surface area contributed by atoms with Crippen LogP contribution >= 0.6 is 11.6 Å². The van der Waals surface area contributed by atoms with Crippen molar-refractivity contribution < 1.29 is 18.0 Å². The van der Waals surface area contributed by atoms with E-state index in [9.17, 15) is 18.0 Å². The lowest BCUT2D eigenvalue weighted by Gasteiger charge is -2.20. The summed E-state index contributed by atoms with van der Waals surface area (Å²) >= 11 is 5.75. The molecule has 10 heteroatoms. The van der Waals surface area contributed by atoms with E-state index in [4.69, 9.17) is 11.6 Å². The number of benzene rings is 1. The second-order valence-corrected chi connectivity index (χ2v) is 6.87. The Kier molecular flexibility index (Phi) is 5.37. The summed E-state index contributed by atoms with van der Waals surface area (Å²) in [5, 5.41) is 4.62. The first kappa shape index (κ1) is 17.7. The highest BCUT2D eigenvalue weighted by Crippen LogP contribution is 2.20. The summed E-state index contributed by atoms with van der Waals surface area (Å²) in [6.45, 7) is 0. The van der Waals surface area contributed by atoms with Gasteiger partial charge in [0.15, 0.2) is 0 Å². The van der Waals surface area contributed by atoms with Crippen molar-refractivity contribution in [2.45, 2.75) is 0 Å². The van der Waals surface area contributed by atoms with Gasteiger partial charge in [0.25, 0.3) is 0 Å². The van der Waals surface area contributed by atoms with Gasteiger partial charge >= 0.3 is 12.1 Å². The Bertz CT molecular complexity index is 841. The Morgan fingerprint density at radius 3 is 2.33 bits per heavy atom. The van der Waals surface area contributed by atoms with Crippen molar-refractivity contribution in [3.63, 3.8) is 0 Å². The number of amides is 4. The highest BCUT2D eigenvalue weighted by atomic mass is 35.5. The van der Waals surface area contributed by atoms with Gasteiger partial charge in [-0.05, 0) is 36.4 Å². The van der Waals surface area contributed by atoms with Crippen LogP contribution in [0.25, 0.3) is 0 Å². The van der Waals surface area contributed by atoms with Gasteiger partial charge in [-0.3, -0.25) is 10.6 Å². The molecule has 24 heavy (non-hydrogen) atoms. The van der Waals surface area contributed by atoms with Gasteiger partial charge in [0, 0.05) is 11.2 Å². The maximum absolute atomic E-state index is 12.2. The molecule has 1 aromatic heterocycles. The number of hydrogen-bond acceptors (Lipinski definition) is 5. The van der Waals surface area contributed by atoms with Crippen molar-refractivity contribution in [2.75, 3.05) is 15.9 Å². The van der Waals surface area contributed by atoms with Crippen molar-refractivity contribution >= 4 is 45.2 Å². The van der Waals surface area contributed by atoms with E-state index < -0.39 is 22.1 Å². The number of anilines is 2. The predicted molar refractivity (Wildman–Crippen MR) is 90.6 cm³/mol. The standard InChI is InChI=1S/C14H13ClN4O4S/c1-24(22,23)19(11-7-5-10(15)6-8-11)14(21)18-13(20)17-12-4-2-3-9-16-12/h2-9H,1H3,(H2,16,17,18,20,21). The third-order valence-electron chi connectivity index (χ3n) is 2.70. The van der Waals surface area contributed by atoms with Crippen molar-refractivity contribution in [2.24, 2.45) is 0 Å². The number of urea groups is 2. The number of imide groups is 1. The van der Waals surface area contributed by atoms with E-state index in [1.807, 2.05) is 5.32 Å². The number of carbonyl (C=O) groups excluding carboxylic acids is 2. The number of nitrogens with one attached hydrogen (secondary N) is 2. The maximum atomic E-state index is 12.2. The summed E-state index contributed by atoms with van der Waals surface area (Å²) in [5.74, 6) is 0.209. The molecule has 1 aromatic carbocycles. The quantitative estimate of drug-likeness (QED) is 0.864. The molecule has 0 spiro atoms. The minimum Gasteiger partial charge on any atom is -0.292 e. The van der Waals surface area contributed by atoms with Crippen LogP contribution in [0.4, 0.5) is 21.1 Å². The molecule has 0 saturated heterocycles. The summed E-state index contributed by atoms with van der Waals surface area (Å²) in [6.07, 6.45) is 2.30. The maximum Gasteiger partial charge on any atom is 0.343 e. The number of pyridine rings is 1. The van der Waals surface area contributed by atoms with Crippen molar-refractivity contribution in [1.82, 2.24) is 10.3 Å². The summed E-state index contributed by atoms with van der Waals surface area (Å²) in [4.78, 5) is 27.9. The van der Waals surface area contributed by atoms with Gasteiger partial charge in [0.05, 0.1) is 11.9 Å². The molecular weight excluding hydrogens is 356 g/mol. The number of nitrogens with zero attached hydrogens (tertiary/aromatic N) is 2. The molecule has 2 aromatic rings. The van der Waals surface area contributed by atoms with E-state index in [-0.39, 0.29) is 11.5 Å². The SMILES string of the molecule is CS(=O)(=O)N(C(=O)NC(=O)Nc1ccccn1)c1ccc(Cl)cc1. The van der Waals surface area contributed by atoms with Gasteiger partial charge in [-0.15, -0.1) is 0 Å². The molecule has 0 bridgehead atoms. The molecular formula is C14H13ClN4O4S. The normalized spacial score (nSPS) is 10.8. The molecule has 2 N–H and O–H groups in total. The highest BCUT2D eigenvalue weighted by Gasteiger charge is 2.26. The zero-order valence-corrected chi connectivity index (χ0v) is 14.0.